The molecule has 28 heavy (non-hydrogen) atoms. The van der Waals surface area contributed by atoms with E-state index < -0.39 is 21.7 Å². The van der Waals surface area contributed by atoms with Crippen LogP contribution >= 0.6 is 15.9 Å². The van der Waals surface area contributed by atoms with Crippen molar-refractivity contribution in [1.82, 2.24) is 24.3 Å². The van der Waals surface area contributed by atoms with E-state index >= 15 is 0 Å². The Morgan fingerprint density at radius 2 is 2.00 bits per heavy atom. The number of pyridine rings is 2. The third-order valence-corrected chi connectivity index (χ3v) is 6.30. The van der Waals surface area contributed by atoms with Crippen molar-refractivity contribution in [2.45, 2.75) is 18.1 Å². The highest BCUT2D eigenvalue weighted by Gasteiger charge is 2.33. The number of hydrogen-bond acceptors (Lipinski definition) is 5. The summed E-state index contributed by atoms with van der Waals surface area (Å²) in [5, 5.41) is -0.0886. The Balaban J connectivity index is 2.00. The molecule has 4 aromatic rings. The fraction of sp³-hybridized carbons (Fsp3) is 0.188. The van der Waals surface area contributed by atoms with Gasteiger partial charge < -0.3 is 4.98 Å². The molecule has 0 aliphatic heterocycles. The standard InChI is InChI=1S/C16H11BrF3N5O2S/c1-2-28(26,27)15-13(24-12-4-3-8(17)7-25(12)15)14-22-9-5-11(16(18,19)20)21-6-10(9)23-14/h3-7H,2H2,1H3,(H,22,23). The van der Waals surface area contributed by atoms with Gasteiger partial charge in [0.1, 0.15) is 17.0 Å². The Labute approximate surface area is 164 Å². The Morgan fingerprint density at radius 1 is 1.25 bits per heavy atom. The Hall–Kier alpha value is -2.47. The minimum Gasteiger partial charge on any atom is -0.335 e. The summed E-state index contributed by atoms with van der Waals surface area (Å²) in [6.45, 7) is 1.49. The Morgan fingerprint density at radius 3 is 2.68 bits per heavy atom. The lowest BCUT2D eigenvalue weighted by Gasteiger charge is -2.04. The fourth-order valence-corrected chi connectivity index (χ4v) is 4.26. The number of aromatic amines is 1. The van der Waals surface area contributed by atoms with Crippen LogP contribution in [-0.4, -0.2) is 38.5 Å². The van der Waals surface area contributed by atoms with Crippen LogP contribution in [0.15, 0.2) is 40.1 Å². The molecule has 0 atom stereocenters. The van der Waals surface area contributed by atoms with Gasteiger partial charge in [-0.2, -0.15) is 13.2 Å². The highest BCUT2D eigenvalue weighted by atomic mass is 79.9. The molecule has 4 rings (SSSR count). The third kappa shape index (κ3) is 3.05. The second-order valence-corrected chi connectivity index (χ2v) is 9.02. The molecule has 0 unspecified atom stereocenters. The van der Waals surface area contributed by atoms with Crippen molar-refractivity contribution >= 4 is 42.4 Å². The van der Waals surface area contributed by atoms with Crippen molar-refractivity contribution in [3.05, 3.63) is 40.8 Å². The molecule has 146 valence electrons. The van der Waals surface area contributed by atoms with Gasteiger partial charge in [-0.25, -0.2) is 23.4 Å². The number of fused-ring (bicyclic) bond motifs is 2. The first-order valence-corrected chi connectivity index (χ1v) is 10.4. The van der Waals surface area contributed by atoms with Gasteiger partial charge >= 0.3 is 6.18 Å². The van der Waals surface area contributed by atoms with Gasteiger partial charge in [-0.3, -0.25) is 4.40 Å². The number of aromatic nitrogens is 5. The quantitative estimate of drug-likeness (QED) is 0.487. The maximum absolute atomic E-state index is 12.9. The van der Waals surface area contributed by atoms with Crippen molar-refractivity contribution < 1.29 is 21.6 Å². The maximum Gasteiger partial charge on any atom is 0.433 e. The van der Waals surface area contributed by atoms with Crippen LogP contribution in [0.2, 0.25) is 0 Å². The predicted molar refractivity (Wildman–Crippen MR) is 98.5 cm³/mol. The lowest BCUT2D eigenvalue weighted by atomic mass is 10.3. The van der Waals surface area contributed by atoms with Crippen molar-refractivity contribution in [3.63, 3.8) is 0 Å². The lowest BCUT2D eigenvalue weighted by molar-refractivity contribution is -0.141. The van der Waals surface area contributed by atoms with Crippen LogP contribution < -0.4 is 0 Å². The van der Waals surface area contributed by atoms with E-state index in [-0.39, 0.29) is 33.3 Å². The molecular formula is C16H11BrF3N5O2S. The van der Waals surface area contributed by atoms with E-state index in [4.69, 9.17) is 0 Å². The molecule has 1 N–H and O–H groups in total. The summed E-state index contributed by atoms with van der Waals surface area (Å²) in [5.41, 5.74) is -0.445. The molecule has 0 amide bonds. The van der Waals surface area contributed by atoms with Crippen LogP contribution in [0.3, 0.4) is 0 Å². The highest BCUT2D eigenvalue weighted by Crippen LogP contribution is 2.32. The van der Waals surface area contributed by atoms with Crippen LogP contribution in [0.5, 0.6) is 0 Å². The van der Waals surface area contributed by atoms with Crippen molar-refractivity contribution in [3.8, 4) is 11.5 Å². The molecule has 0 aromatic carbocycles. The first-order chi connectivity index (χ1) is 13.1. The van der Waals surface area contributed by atoms with E-state index in [0.717, 1.165) is 12.3 Å². The van der Waals surface area contributed by atoms with Gasteiger partial charge in [0.15, 0.2) is 20.7 Å². The number of nitrogens with one attached hydrogen (secondary N) is 1. The van der Waals surface area contributed by atoms with Gasteiger partial charge in [0, 0.05) is 10.7 Å². The molecule has 0 saturated carbocycles. The Bertz CT molecular complexity index is 1330. The van der Waals surface area contributed by atoms with Gasteiger partial charge in [-0.15, -0.1) is 0 Å². The molecule has 7 nitrogen and oxygen atoms in total. The molecule has 12 heteroatoms. The smallest absolute Gasteiger partial charge is 0.335 e. The van der Waals surface area contributed by atoms with Gasteiger partial charge in [0.05, 0.1) is 23.0 Å². The average molecular weight is 474 g/mol. The molecule has 0 fully saturated rings. The van der Waals surface area contributed by atoms with Crippen molar-refractivity contribution in [1.29, 1.82) is 0 Å². The average Bonchev–Trinajstić information content (AvgIpc) is 3.21. The summed E-state index contributed by atoms with van der Waals surface area (Å²) in [7, 11) is -3.72. The first kappa shape index (κ1) is 18.9. The molecular weight excluding hydrogens is 463 g/mol. The lowest BCUT2D eigenvalue weighted by Crippen LogP contribution is -2.09. The zero-order valence-corrected chi connectivity index (χ0v) is 16.5. The normalized spacial score (nSPS) is 12.9. The number of imidazole rings is 2. The summed E-state index contributed by atoms with van der Waals surface area (Å²) in [6, 6.07) is 4.12. The molecule has 4 heterocycles. The molecule has 0 aliphatic carbocycles. The molecule has 0 radical (unpaired) electrons. The fourth-order valence-electron chi connectivity index (χ4n) is 2.76. The second-order valence-electron chi connectivity index (χ2n) is 5.91. The number of sulfone groups is 1. The third-order valence-electron chi connectivity index (χ3n) is 4.10. The number of rotatable bonds is 3. The maximum atomic E-state index is 12.9. The van der Waals surface area contributed by atoms with Crippen LogP contribution in [0.1, 0.15) is 12.6 Å². The highest BCUT2D eigenvalue weighted by molar-refractivity contribution is 9.10. The van der Waals surface area contributed by atoms with Crippen LogP contribution in [-0.2, 0) is 16.0 Å². The summed E-state index contributed by atoms with van der Waals surface area (Å²) in [4.78, 5) is 14.7. The number of hydrogen-bond donors (Lipinski definition) is 1. The molecule has 4 aromatic heterocycles. The molecule has 0 aliphatic rings. The van der Waals surface area contributed by atoms with E-state index in [1.54, 1.807) is 18.3 Å². The van der Waals surface area contributed by atoms with Gasteiger partial charge in [0.2, 0.25) is 0 Å². The van der Waals surface area contributed by atoms with Gasteiger partial charge in [-0.05, 0) is 34.1 Å². The predicted octanol–water partition coefficient (Wildman–Crippen LogP) is 3.85. The van der Waals surface area contributed by atoms with E-state index in [2.05, 4.69) is 35.9 Å². The number of halogens is 4. The van der Waals surface area contributed by atoms with E-state index in [1.165, 1.54) is 11.3 Å². The number of H-pyrrole nitrogens is 1. The van der Waals surface area contributed by atoms with Crippen LogP contribution in [0.25, 0.3) is 28.2 Å². The monoisotopic (exact) mass is 473 g/mol. The van der Waals surface area contributed by atoms with Crippen LogP contribution in [0, 0.1) is 0 Å². The van der Waals surface area contributed by atoms with E-state index in [0.29, 0.717) is 10.1 Å². The topological polar surface area (TPSA) is 93.0 Å². The molecule has 0 spiro atoms. The van der Waals surface area contributed by atoms with Gasteiger partial charge in [0.25, 0.3) is 0 Å². The Kier molecular flexibility index (Phi) is 4.23. The van der Waals surface area contributed by atoms with Gasteiger partial charge in [-0.1, -0.05) is 6.92 Å². The SMILES string of the molecule is CCS(=O)(=O)c1c(-c2nc3cc(C(F)(F)F)ncc3[nH]2)nc2ccc(Br)cn12. The van der Waals surface area contributed by atoms with Crippen molar-refractivity contribution in [2.24, 2.45) is 0 Å². The first-order valence-electron chi connectivity index (χ1n) is 7.94. The minimum atomic E-state index is -4.61. The largest absolute Gasteiger partial charge is 0.433 e. The minimum absolute atomic E-state index is 0.00964. The summed E-state index contributed by atoms with van der Waals surface area (Å²) < 4.78 is 66.1. The van der Waals surface area contributed by atoms with E-state index in [9.17, 15) is 21.6 Å². The zero-order valence-electron chi connectivity index (χ0n) is 14.1. The number of alkyl halides is 3. The second kappa shape index (κ2) is 6.27. The zero-order chi connectivity index (χ0) is 20.3. The van der Waals surface area contributed by atoms with Crippen molar-refractivity contribution in [2.75, 3.05) is 5.75 Å². The summed E-state index contributed by atoms with van der Waals surface area (Å²) in [6.07, 6.45) is -2.05. The van der Waals surface area contributed by atoms with Crippen LogP contribution in [0.4, 0.5) is 13.2 Å². The number of nitrogens with zero attached hydrogens (tertiary/aromatic N) is 4. The summed E-state index contributed by atoms with van der Waals surface area (Å²) >= 11 is 3.29. The van der Waals surface area contributed by atoms with E-state index in [1.807, 2.05) is 0 Å². The summed E-state index contributed by atoms with van der Waals surface area (Å²) in [5.74, 6) is -0.136. The molecule has 0 saturated heterocycles. The molecule has 0 bridgehead atoms.